The Kier molecular flexibility index (Phi) is 10.7. The molecule has 0 bridgehead atoms. The van der Waals surface area contributed by atoms with Crippen LogP contribution in [0.2, 0.25) is 0 Å². The third-order valence-electron chi connectivity index (χ3n) is 6.10. The van der Waals surface area contributed by atoms with Gasteiger partial charge in [-0.3, -0.25) is 9.55 Å². The van der Waals surface area contributed by atoms with Crippen molar-refractivity contribution in [1.29, 1.82) is 0 Å². The zero-order valence-electron chi connectivity index (χ0n) is 21.3. The first-order valence-electron chi connectivity index (χ1n) is 12.6. The van der Waals surface area contributed by atoms with Crippen molar-refractivity contribution in [2.24, 2.45) is 0 Å². The van der Waals surface area contributed by atoms with E-state index in [2.05, 4.69) is 65.8 Å². The maximum atomic E-state index is 12.0. The van der Waals surface area contributed by atoms with E-state index in [4.69, 9.17) is 0 Å². The van der Waals surface area contributed by atoms with E-state index in [0.29, 0.717) is 10.5 Å². The van der Waals surface area contributed by atoms with Crippen molar-refractivity contribution in [1.82, 2.24) is 24.5 Å². The summed E-state index contributed by atoms with van der Waals surface area (Å²) in [4.78, 5) is 16.7. The van der Waals surface area contributed by atoms with Crippen molar-refractivity contribution >= 4 is 22.2 Å². The second-order valence-corrected chi connectivity index (χ2v) is 11.1. The van der Waals surface area contributed by atoms with Gasteiger partial charge in [0.2, 0.25) is 0 Å². The molecule has 4 aromatic rings. The molecule has 2 atom stereocenters. The average molecular weight is 492 g/mol. The molecule has 7 heteroatoms. The normalized spacial score (nSPS) is 13.6. The number of unbranched alkanes of at least 4 members (excludes halogenated alkanes) is 2. The number of hydrogen-bond acceptors (Lipinski definition) is 5. The third kappa shape index (κ3) is 7.61. The number of hydrogen-bond donors (Lipinski definition) is 0. The fraction of sp³-hybridized carbons (Fsp3) is 0.429. The van der Waals surface area contributed by atoms with E-state index in [-0.39, 0.29) is 0 Å². The molecule has 0 spiro atoms. The number of benzene rings is 1. The molecule has 0 saturated heterocycles. The Balaban J connectivity index is 0.000000216. The van der Waals surface area contributed by atoms with Crippen molar-refractivity contribution < 1.29 is 4.55 Å². The Morgan fingerprint density at radius 1 is 0.829 bits per heavy atom. The van der Waals surface area contributed by atoms with Gasteiger partial charge in [0.15, 0.2) is 0 Å². The molecule has 35 heavy (non-hydrogen) atoms. The van der Waals surface area contributed by atoms with Crippen molar-refractivity contribution in [2.45, 2.75) is 76.7 Å². The fourth-order valence-corrected chi connectivity index (χ4v) is 5.55. The summed E-state index contributed by atoms with van der Waals surface area (Å²) >= 11 is -0.612. The van der Waals surface area contributed by atoms with Crippen LogP contribution in [0.4, 0.5) is 0 Å². The van der Waals surface area contributed by atoms with Gasteiger partial charge < -0.3 is 4.55 Å². The van der Waals surface area contributed by atoms with E-state index in [9.17, 15) is 4.55 Å². The number of aromatic nitrogens is 5. The smallest absolute Gasteiger partial charge is 0.141 e. The molecule has 0 aliphatic rings. The Morgan fingerprint density at radius 3 is 2.09 bits per heavy atom. The quantitative estimate of drug-likeness (QED) is 0.229. The van der Waals surface area contributed by atoms with Gasteiger partial charge in [-0.25, -0.2) is 15.0 Å². The first-order chi connectivity index (χ1) is 17.0. The van der Waals surface area contributed by atoms with Gasteiger partial charge in [0.25, 0.3) is 0 Å². The van der Waals surface area contributed by atoms with Gasteiger partial charge in [0.1, 0.15) is 29.0 Å². The lowest BCUT2D eigenvalue weighted by molar-refractivity contribution is 0.548. The van der Waals surface area contributed by atoms with E-state index in [1.54, 1.807) is 24.9 Å². The van der Waals surface area contributed by atoms with Crippen LogP contribution < -0.4 is 0 Å². The van der Waals surface area contributed by atoms with Crippen molar-refractivity contribution in [2.75, 3.05) is 0 Å². The lowest BCUT2D eigenvalue weighted by Crippen LogP contribution is -2.28. The molecular formula is C28H37N5OS. The second-order valence-electron chi connectivity index (χ2n) is 8.86. The lowest BCUT2D eigenvalue weighted by atomic mass is 10.1. The van der Waals surface area contributed by atoms with E-state index < -0.39 is 11.2 Å². The van der Waals surface area contributed by atoms with Gasteiger partial charge in [-0.05, 0) is 92.2 Å². The molecule has 3 aromatic heterocycles. The van der Waals surface area contributed by atoms with Crippen molar-refractivity contribution in [3.05, 3.63) is 67.6 Å². The van der Waals surface area contributed by atoms with Gasteiger partial charge in [0, 0.05) is 18.6 Å². The van der Waals surface area contributed by atoms with Crippen LogP contribution in [0.5, 0.6) is 0 Å². The molecule has 0 aliphatic heterocycles. The Morgan fingerprint density at radius 2 is 1.49 bits per heavy atom. The number of fused-ring (bicyclic) bond motifs is 1. The molecule has 0 aliphatic carbocycles. The molecule has 0 radical (unpaired) electrons. The minimum absolute atomic E-state index is 0.391. The average Bonchev–Trinajstić information content (AvgIpc) is 3.34. The van der Waals surface area contributed by atoms with Gasteiger partial charge in [0.05, 0.1) is 11.0 Å². The summed E-state index contributed by atoms with van der Waals surface area (Å²) in [7, 11) is 0. The lowest BCUT2D eigenvalue weighted by Gasteiger charge is -2.23. The first-order valence-corrected chi connectivity index (χ1v) is 13.9. The Labute approximate surface area is 212 Å². The summed E-state index contributed by atoms with van der Waals surface area (Å²) in [5, 5.41) is 0.781. The highest BCUT2D eigenvalue weighted by Gasteiger charge is 2.22. The second kappa shape index (κ2) is 14.0. The minimum Gasteiger partial charge on any atom is -0.616 e. The van der Waals surface area contributed by atoms with Gasteiger partial charge in [-0.15, -0.1) is 0 Å². The topological polar surface area (TPSA) is 79.5 Å². The van der Waals surface area contributed by atoms with Crippen molar-refractivity contribution in [3.63, 3.8) is 0 Å². The number of imidazole rings is 1. The largest absolute Gasteiger partial charge is 0.616 e. The Bertz CT molecular complexity index is 1120. The summed E-state index contributed by atoms with van der Waals surface area (Å²) < 4.78 is 13.9. The summed E-state index contributed by atoms with van der Waals surface area (Å²) in [5.41, 5.74) is 4.20. The monoisotopic (exact) mass is 491 g/mol. The molecule has 0 amide bonds. The molecule has 0 saturated carbocycles. The van der Waals surface area contributed by atoms with E-state index in [1.165, 1.54) is 32.0 Å². The summed E-state index contributed by atoms with van der Waals surface area (Å²) in [6, 6.07) is 12.0. The SMILES string of the molecule is CCCCC(C)[S+]([O-])C(C)CCCC.c1cc(-c2ccc3c(c2)ncn3-c2ccncn2)ccn1. The highest BCUT2D eigenvalue weighted by molar-refractivity contribution is 7.92. The van der Waals surface area contributed by atoms with Crippen LogP contribution in [-0.2, 0) is 11.2 Å². The van der Waals surface area contributed by atoms with Crippen molar-refractivity contribution in [3.8, 4) is 16.9 Å². The molecule has 3 heterocycles. The number of nitrogens with zero attached hydrogens (tertiary/aromatic N) is 5. The maximum Gasteiger partial charge on any atom is 0.141 e. The highest BCUT2D eigenvalue weighted by Crippen LogP contribution is 2.24. The van der Waals surface area contributed by atoms with Crippen LogP contribution in [0, 0.1) is 0 Å². The zero-order chi connectivity index (χ0) is 25.0. The van der Waals surface area contributed by atoms with E-state index in [1.807, 2.05) is 22.8 Å². The highest BCUT2D eigenvalue weighted by atomic mass is 32.2. The molecule has 4 rings (SSSR count). The van der Waals surface area contributed by atoms with E-state index >= 15 is 0 Å². The third-order valence-corrected chi connectivity index (χ3v) is 8.15. The molecule has 0 N–H and O–H groups in total. The first kappa shape index (κ1) is 26.8. The van der Waals surface area contributed by atoms with Gasteiger partial charge in [-0.1, -0.05) is 32.8 Å². The molecule has 1 aromatic carbocycles. The van der Waals surface area contributed by atoms with Crippen LogP contribution in [0.25, 0.3) is 28.0 Å². The molecule has 6 nitrogen and oxygen atoms in total. The van der Waals surface area contributed by atoms with Gasteiger partial charge in [-0.2, -0.15) is 0 Å². The predicted octanol–water partition coefficient (Wildman–Crippen LogP) is 6.77. The van der Waals surface area contributed by atoms with Crippen LogP contribution >= 0.6 is 0 Å². The van der Waals surface area contributed by atoms with Crippen LogP contribution in [0.3, 0.4) is 0 Å². The molecular weight excluding hydrogens is 454 g/mol. The Hall–Kier alpha value is -2.77. The molecule has 2 unspecified atom stereocenters. The predicted molar refractivity (Wildman–Crippen MR) is 146 cm³/mol. The van der Waals surface area contributed by atoms with Gasteiger partial charge >= 0.3 is 0 Å². The van der Waals surface area contributed by atoms with Crippen LogP contribution in [-0.4, -0.2) is 39.6 Å². The maximum absolute atomic E-state index is 12.0. The number of pyridine rings is 1. The summed E-state index contributed by atoms with van der Waals surface area (Å²) in [6.07, 6.45) is 15.7. The number of rotatable bonds is 10. The standard InChI is InChI=1S/C16H11N5.C12H26OS/c1-2-15-14(9-13(1)12-3-6-17-7-4-12)20-11-21(15)16-5-8-18-10-19-16;1-5-7-9-11(3)14(13)12(4)10-8-6-2/h1-11H;11-12H,5-10H2,1-4H3. The minimum atomic E-state index is -0.612. The fourth-order valence-electron chi connectivity index (χ4n) is 3.96. The summed E-state index contributed by atoms with van der Waals surface area (Å²) in [5.74, 6) is 0.809. The molecule has 186 valence electrons. The zero-order valence-corrected chi connectivity index (χ0v) is 22.1. The van der Waals surface area contributed by atoms with Crippen LogP contribution in [0.15, 0.2) is 67.6 Å². The summed E-state index contributed by atoms with van der Waals surface area (Å²) in [6.45, 7) is 8.65. The molecule has 0 fully saturated rings. The van der Waals surface area contributed by atoms with E-state index in [0.717, 1.165) is 40.8 Å². The van der Waals surface area contributed by atoms with Crippen LogP contribution in [0.1, 0.15) is 66.2 Å².